The summed E-state index contributed by atoms with van der Waals surface area (Å²) in [6.45, 7) is 0. The lowest BCUT2D eigenvalue weighted by atomic mass is 9.81. The number of methoxy groups -OCH3 is 3. The summed E-state index contributed by atoms with van der Waals surface area (Å²) >= 11 is 0. The van der Waals surface area contributed by atoms with Crippen LogP contribution in [-0.4, -0.2) is 32.5 Å². The lowest BCUT2D eigenvalue weighted by Crippen LogP contribution is -2.23. The van der Waals surface area contributed by atoms with Crippen LogP contribution in [0.15, 0.2) is 12.1 Å². The van der Waals surface area contributed by atoms with Gasteiger partial charge in [0.1, 0.15) is 17.2 Å². The summed E-state index contributed by atoms with van der Waals surface area (Å²) in [6, 6.07) is 3.69. The molecule has 0 spiro atoms. The van der Waals surface area contributed by atoms with Gasteiger partial charge >= 0.3 is 0 Å². The Kier molecular flexibility index (Phi) is 4.53. The Morgan fingerprint density at radius 1 is 0.947 bits per heavy atom. The summed E-state index contributed by atoms with van der Waals surface area (Å²) in [5, 5.41) is 10.2. The molecule has 0 radical (unpaired) electrons. The van der Waals surface area contributed by atoms with Crippen molar-refractivity contribution in [3.05, 3.63) is 17.7 Å². The molecule has 0 unspecified atom stereocenters. The summed E-state index contributed by atoms with van der Waals surface area (Å²) in [6.07, 6.45) is 3.67. The first-order chi connectivity index (χ1) is 9.21. The fraction of sp³-hybridized carbons (Fsp3) is 0.600. The van der Waals surface area contributed by atoms with E-state index >= 15 is 0 Å². The number of hydrogen-bond donors (Lipinski definition) is 1. The molecule has 0 aliphatic heterocycles. The maximum Gasteiger partial charge on any atom is 0.129 e. The van der Waals surface area contributed by atoms with E-state index in [-0.39, 0.29) is 12.0 Å². The lowest BCUT2D eigenvalue weighted by Gasteiger charge is -2.30. The molecule has 0 amide bonds. The zero-order chi connectivity index (χ0) is 13.8. The third kappa shape index (κ3) is 2.78. The second-order valence-corrected chi connectivity index (χ2v) is 4.90. The SMILES string of the molecule is COc1cc(OC)c([C@H]2CCCC[C@@H]2O)c(OC)c1. The molecule has 1 N–H and O–H groups in total. The number of ether oxygens (including phenoxy) is 3. The van der Waals surface area contributed by atoms with Gasteiger partial charge in [0, 0.05) is 23.6 Å². The second kappa shape index (κ2) is 6.15. The highest BCUT2D eigenvalue weighted by Gasteiger charge is 2.30. The van der Waals surface area contributed by atoms with Crippen molar-refractivity contribution in [2.24, 2.45) is 0 Å². The molecule has 1 aromatic carbocycles. The Balaban J connectivity index is 2.46. The van der Waals surface area contributed by atoms with Crippen LogP contribution in [0.4, 0.5) is 0 Å². The van der Waals surface area contributed by atoms with Gasteiger partial charge in [-0.2, -0.15) is 0 Å². The Labute approximate surface area is 114 Å². The van der Waals surface area contributed by atoms with Gasteiger partial charge in [-0.25, -0.2) is 0 Å². The highest BCUT2D eigenvalue weighted by molar-refractivity contribution is 5.53. The van der Waals surface area contributed by atoms with Crippen molar-refractivity contribution in [1.82, 2.24) is 0 Å². The molecule has 4 nitrogen and oxygen atoms in total. The van der Waals surface area contributed by atoms with Crippen molar-refractivity contribution >= 4 is 0 Å². The molecule has 1 aliphatic rings. The average Bonchev–Trinajstić information content (AvgIpc) is 2.46. The molecule has 0 aromatic heterocycles. The van der Waals surface area contributed by atoms with Crippen LogP contribution in [0.3, 0.4) is 0 Å². The van der Waals surface area contributed by atoms with Crippen LogP contribution in [0.2, 0.25) is 0 Å². The van der Waals surface area contributed by atoms with Crippen LogP contribution in [-0.2, 0) is 0 Å². The largest absolute Gasteiger partial charge is 0.496 e. The van der Waals surface area contributed by atoms with Gasteiger partial charge in [0.2, 0.25) is 0 Å². The third-order valence-electron chi connectivity index (χ3n) is 3.85. The van der Waals surface area contributed by atoms with E-state index in [9.17, 15) is 5.11 Å². The summed E-state index contributed by atoms with van der Waals surface area (Å²) in [5.74, 6) is 2.22. The van der Waals surface area contributed by atoms with E-state index in [2.05, 4.69) is 0 Å². The number of benzene rings is 1. The van der Waals surface area contributed by atoms with E-state index < -0.39 is 0 Å². The zero-order valence-corrected chi connectivity index (χ0v) is 11.8. The molecular formula is C15H22O4. The van der Waals surface area contributed by atoms with Crippen molar-refractivity contribution in [3.8, 4) is 17.2 Å². The minimum absolute atomic E-state index is 0.0737. The van der Waals surface area contributed by atoms with Crippen LogP contribution in [0, 0.1) is 0 Å². The Morgan fingerprint density at radius 3 is 2.00 bits per heavy atom. The van der Waals surface area contributed by atoms with Crippen molar-refractivity contribution < 1.29 is 19.3 Å². The fourth-order valence-corrected chi connectivity index (χ4v) is 2.85. The molecule has 0 heterocycles. The van der Waals surface area contributed by atoms with Crippen LogP contribution < -0.4 is 14.2 Å². The highest BCUT2D eigenvalue weighted by atomic mass is 16.5. The summed E-state index contributed by atoms with van der Waals surface area (Å²) in [4.78, 5) is 0. The topological polar surface area (TPSA) is 47.9 Å². The van der Waals surface area contributed by atoms with Gasteiger partial charge in [0.15, 0.2) is 0 Å². The van der Waals surface area contributed by atoms with Gasteiger partial charge in [-0.05, 0) is 12.8 Å². The lowest BCUT2D eigenvalue weighted by molar-refractivity contribution is 0.103. The highest BCUT2D eigenvalue weighted by Crippen LogP contribution is 2.44. The van der Waals surface area contributed by atoms with E-state index in [1.54, 1.807) is 21.3 Å². The first-order valence-electron chi connectivity index (χ1n) is 6.69. The molecule has 0 bridgehead atoms. The van der Waals surface area contributed by atoms with Gasteiger partial charge < -0.3 is 19.3 Å². The maximum absolute atomic E-state index is 10.2. The van der Waals surface area contributed by atoms with Crippen LogP contribution in [0.25, 0.3) is 0 Å². The Morgan fingerprint density at radius 2 is 1.53 bits per heavy atom. The molecule has 1 fully saturated rings. The van der Waals surface area contributed by atoms with Crippen LogP contribution in [0.1, 0.15) is 37.2 Å². The smallest absolute Gasteiger partial charge is 0.129 e. The zero-order valence-electron chi connectivity index (χ0n) is 11.8. The van der Waals surface area contributed by atoms with Crippen molar-refractivity contribution in [3.63, 3.8) is 0 Å². The molecule has 1 aliphatic carbocycles. The summed E-state index contributed by atoms with van der Waals surface area (Å²) in [5.41, 5.74) is 0.956. The van der Waals surface area contributed by atoms with Gasteiger partial charge in [0.25, 0.3) is 0 Å². The number of rotatable bonds is 4. The first kappa shape index (κ1) is 14.0. The first-order valence-corrected chi connectivity index (χ1v) is 6.69. The van der Waals surface area contributed by atoms with Crippen LogP contribution in [0.5, 0.6) is 17.2 Å². The van der Waals surface area contributed by atoms with E-state index in [0.29, 0.717) is 5.75 Å². The predicted octanol–water partition coefficient (Wildman–Crippen LogP) is 2.73. The second-order valence-electron chi connectivity index (χ2n) is 4.90. The average molecular weight is 266 g/mol. The normalized spacial score (nSPS) is 22.9. The standard InChI is InChI=1S/C15H22O4/c1-17-10-8-13(18-2)15(14(9-10)19-3)11-6-4-5-7-12(11)16/h8-9,11-12,16H,4-7H2,1-3H3/t11-,12-/m0/s1. The molecule has 4 heteroatoms. The molecule has 2 atom stereocenters. The summed E-state index contributed by atoms with van der Waals surface area (Å²) < 4.78 is 16.2. The quantitative estimate of drug-likeness (QED) is 0.910. The maximum atomic E-state index is 10.2. The van der Waals surface area contributed by atoms with Crippen molar-refractivity contribution in [1.29, 1.82) is 0 Å². The van der Waals surface area contributed by atoms with Crippen molar-refractivity contribution in [2.75, 3.05) is 21.3 Å². The van der Waals surface area contributed by atoms with Gasteiger partial charge in [0.05, 0.1) is 27.4 Å². The predicted molar refractivity (Wildman–Crippen MR) is 73.3 cm³/mol. The molecule has 106 valence electrons. The van der Waals surface area contributed by atoms with Gasteiger partial charge in [-0.3, -0.25) is 0 Å². The Bertz CT molecular complexity index is 405. The van der Waals surface area contributed by atoms with Gasteiger partial charge in [-0.1, -0.05) is 12.8 Å². The van der Waals surface area contributed by atoms with Crippen LogP contribution >= 0.6 is 0 Å². The minimum Gasteiger partial charge on any atom is -0.496 e. The molecule has 19 heavy (non-hydrogen) atoms. The van der Waals surface area contributed by atoms with E-state index in [0.717, 1.165) is 42.7 Å². The van der Waals surface area contributed by atoms with E-state index in [1.165, 1.54) is 0 Å². The Hall–Kier alpha value is -1.42. The molecular weight excluding hydrogens is 244 g/mol. The fourth-order valence-electron chi connectivity index (χ4n) is 2.85. The summed E-state index contributed by atoms with van der Waals surface area (Å²) in [7, 11) is 4.88. The number of hydrogen-bond acceptors (Lipinski definition) is 4. The third-order valence-corrected chi connectivity index (χ3v) is 3.85. The van der Waals surface area contributed by atoms with Crippen molar-refractivity contribution in [2.45, 2.75) is 37.7 Å². The molecule has 0 saturated heterocycles. The molecule has 1 saturated carbocycles. The monoisotopic (exact) mass is 266 g/mol. The molecule has 1 aromatic rings. The minimum atomic E-state index is -0.329. The van der Waals surface area contributed by atoms with E-state index in [1.807, 2.05) is 12.1 Å². The van der Waals surface area contributed by atoms with Gasteiger partial charge in [-0.15, -0.1) is 0 Å². The number of aliphatic hydroxyl groups is 1. The van der Waals surface area contributed by atoms with E-state index in [4.69, 9.17) is 14.2 Å². The molecule has 2 rings (SSSR count). The number of aliphatic hydroxyl groups excluding tert-OH is 1.